The van der Waals surface area contributed by atoms with Crippen molar-refractivity contribution in [2.75, 3.05) is 0 Å². The molecule has 27 heavy (non-hydrogen) atoms. The SMILES string of the molecule is CCCCc1c(-c2ccc(C#N)s2)[nH]c(-c2ccc(C#N)s2)c1CCCC. The zero-order valence-electron chi connectivity index (χ0n) is 15.8. The van der Waals surface area contributed by atoms with E-state index in [0.29, 0.717) is 0 Å². The van der Waals surface area contributed by atoms with E-state index in [-0.39, 0.29) is 0 Å². The highest BCUT2D eigenvalue weighted by Crippen LogP contribution is 2.40. The summed E-state index contributed by atoms with van der Waals surface area (Å²) >= 11 is 3.09. The first-order valence-corrected chi connectivity index (χ1v) is 11.1. The number of nitrogens with one attached hydrogen (secondary N) is 1. The normalized spacial score (nSPS) is 10.7. The van der Waals surface area contributed by atoms with Crippen LogP contribution in [0.2, 0.25) is 0 Å². The molecule has 0 spiro atoms. The van der Waals surface area contributed by atoms with Gasteiger partial charge in [-0.2, -0.15) is 10.5 Å². The average Bonchev–Trinajstić information content (AvgIpc) is 3.42. The van der Waals surface area contributed by atoms with Crippen molar-refractivity contribution in [3.05, 3.63) is 45.1 Å². The number of thiophene rings is 2. The van der Waals surface area contributed by atoms with E-state index in [1.165, 1.54) is 11.1 Å². The molecule has 0 saturated heterocycles. The van der Waals surface area contributed by atoms with Crippen molar-refractivity contribution < 1.29 is 0 Å². The van der Waals surface area contributed by atoms with Crippen LogP contribution in [0.15, 0.2) is 24.3 Å². The second-order valence-corrected chi connectivity index (χ2v) is 8.76. The summed E-state index contributed by atoms with van der Waals surface area (Å²) in [6.07, 6.45) is 6.67. The Morgan fingerprint density at radius 3 is 1.56 bits per heavy atom. The van der Waals surface area contributed by atoms with Crippen LogP contribution >= 0.6 is 22.7 Å². The molecule has 0 aliphatic heterocycles. The molecule has 0 amide bonds. The number of hydrogen-bond donors (Lipinski definition) is 1. The highest BCUT2D eigenvalue weighted by atomic mass is 32.1. The van der Waals surface area contributed by atoms with Gasteiger partial charge in [0, 0.05) is 0 Å². The van der Waals surface area contributed by atoms with Gasteiger partial charge in [0.25, 0.3) is 0 Å². The molecule has 3 aromatic heterocycles. The molecule has 0 unspecified atom stereocenters. The first kappa shape index (κ1) is 19.4. The summed E-state index contributed by atoms with van der Waals surface area (Å²) in [6.45, 7) is 4.44. The maximum atomic E-state index is 9.21. The standard InChI is InChI=1S/C22H23N3S2/c1-3-5-7-17-18(8-6-4-2)22(20-12-10-16(14-24)27-20)25-21(17)19-11-9-15(13-23)26-19/h9-12,25H,3-8H2,1-2H3. The quantitative estimate of drug-likeness (QED) is 0.452. The number of rotatable bonds is 8. The van der Waals surface area contributed by atoms with Crippen LogP contribution in [0.5, 0.6) is 0 Å². The average molecular weight is 394 g/mol. The topological polar surface area (TPSA) is 63.4 Å². The summed E-state index contributed by atoms with van der Waals surface area (Å²) in [7, 11) is 0. The third kappa shape index (κ3) is 4.16. The minimum atomic E-state index is 0.737. The number of hydrogen-bond acceptors (Lipinski definition) is 4. The van der Waals surface area contributed by atoms with Crippen LogP contribution < -0.4 is 0 Å². The minimum Gasteiger partial charge on any atom is -0.353 e. The first-order chi connectivity index (χ1) is 13.2. The summed E-state index contributed by atoms with van der Waals surface area (Å²) in [6, 6.07) is 12.4. The number of aromatic nitrogens is 1. The Hall–Kier alpha value is -2.34. The predicted octanol–water partition coefficient (Wildman–Crippen LogP) is 6.90. The zero-order chi connectivity index (χ0) is 19.2. The van der Waals surface area contributed by atoms with Gasteiger partial charge in [-0.05, 0) is 61.1 Å². The van der Waals surface area contributed by atoms with Crippen LogP contribution in [0, 0.1) is 22.7 Å². The molecule has 0 aliphatic carbocycles. The Labute approximate surface area is 168 Å². The van der Waals surface area contributed by atoms with Crippen LogP contribution in [0.4, 0.5) is 0 Å². The molecule has 0 aliphatic rings. The zero-order valence-corrected chi connectivity index (χ0v) is 17.4. The van der Waals surface area contributed by atoms with Gasteiger partial charge in [-0.25, -0.2) is 0 Å². The summed E-state index contributed by atoms with van der Waals surface area (Å²) in [5.74, 6) is 0. The molecule has 3 nitrogen and oxygen atoms in total. The number of unbranched alkanes of at least 4 members (excludes halogenated alkanes) is 2. The van der Waals surface area contributed by atoms with Crippen molar-refractivity contribution in [2.24, 2.45) is 0 Å². The van der Waals surface area contributed by atoms with Crippen LogP contribution in [0.25, 0.3) is 21.1 Å². The number of aromatic amines is 1. The van der Waals surface area contributed by atoms with Gasteiger partial charge in [-0.1, -0.05) is 26.7 Å². The fraction of sp³-hybridized carbons (Fsp3) is 0.364. The molecule has 5 heteroatoms. The predicted molar refractivity (Wildman–Crippen MR) is 114 cm³/mol. The first-order valence-electron chi connectivity index (χ1n) is 9.46. The van der Waals surface area contributed by atoms with Crippen LogP contribution in [0.1, 0.15) is 60.4 Å². The van der Waals surface area contributed by atoms with E-state index in [4.69, 9.17) is 0 Å². The largest absolute Gasteiger partial charge is 0.353 e. The molecular weight excluding hydrogens is 370 g/mol. The van der Waals surface area contributed by atoms with Gasteiger partial charge in [0.05, 0.1) is 21.1 Å². The molecule has 0 radical (unpaired) electrons. The van der Waals surface area contributed by atoms with E-state index < -0.39 is 0 Å². The summed E-state index contributed by atoms with van der Waals surface area (Å²) in [4.78, 5) is 7.40. The van der Waals surface area contributed by atoms with Gasteiger partial charge in [0.2, 0.25) is 0 Å². The van der Waals surface area contributed by atoms with E-state index in [9.17, 15) is 10.5 Å². The molecule has 3 heterocycles. The number of nitrogens with zero attached hydrogens (tertiary/aromatic N) is 2. The lowest BCUT2D eigenvalue weighted by Crippen LogP contribution is -1.94. The minimum absolute atomic E-state index is 0.737. The fourth-order valence-electron chi connectivity index (χ4n) is 3.32. The second-order valence-electron chi connectivity index (χ2n) is 6.59. The van der Waals surface area contributed by atoms with Crippen LogP contribution in [-0.2, 0) is 12.8 Å². The van der Waals surface area contributed by atoms with Gasteiger partial charge in [-0.3, -0.25) is 0 Å². The lowest BCUT2D eigenvalue weighted by molar-refractivity contribution is 0.764. The van der Waals surface area contributed by atoms with Crippen molar-refractivity contribution in [3.8, 4) is 33.3 Å². The van der Waals surface area contributed by atoms with E-state index in [0.717, 1.165) is 69.4 Å². The molecule has 3 rings (SSSR count). The molecule has 0 fully saturated rings. The van der Waals surface area contributed by atoms with Gasteiger partial charge in [0.1, 0.15) is 21.9 Å². The van der Waals surface area contributed by atoms with Crippen LogP contribution in [0.3, 0.4) is 0 Å². The molecule has 138 valence electrons. The van der Waals surface area contributed by atoms with Crippen molar-refractivity contribution >= 4 is 22.7 Å². The van der Waals surface area contributed by atoms with Gasteiger partial charge >= 0.3 is 0 Å². The maximum Gasteiger partial charge on any atom is 0.110 e. The maximum absolute atomic E-state index is 9.21. The summed E-state index contributed by atoms with van der Waals surface area (Å²) in [5, 5.41) is 18.4. The number of nitriles is 2. The molecule has 3 aromatic rings. The Balaban J connectivity index is 2.16. The second kappa shape index (κ2) is 9.04. The Morgan fingerprint density at radius 1 is 0.778 bits per heavy atom. The highest BCUT2D eigenvalue weighted by molar-refractivity contribution is 7.16. The monoisotopic (exact) mass is 393 g/mol. The molecule has 0 bridgehead atoms. The van der Waals surface area contributed by atoms with Gasteiger partial charge in [-0.15, -0.1) is 22.7 Å². The lowest BCUT2D eigenvalue weighted by Gasteiger charge is -2.07. The molecule has 0 atom stereocenters. The lowest BCUT2D eigenvalue weighted by atomic mass is 9.97. The molecule has 0 aromatic carbocycles. The van der Waals surface area contributed by atoms with Crippen molar-refractivity contribution in [3.63, 3.8) is 0 Å². The van der Waals surface area contributed by atoms with Crippen molar-refractivity contribution in [2.45, 2.75) is 52.4 Å². The Kier molecular flexibility index (Phi) is 6.50. The molecular formula is C22H23N3S2. The van der Waals surface area contributed by atoms with E-state index >= 15 is 0 Å². The van der Waals surface area contributed by atoms with E-state index in [1.807, 2.05) is 24.3 Å². The summed E-state index contributed by atoms with van der Waals surface area (Å²) < 4.78 is 0. The summed E-state index contributed by atoms with van der Waals surface area (Å²) in [5.41, 5.74) is 5.09. The fourth-order valence-corrected chi connectivity index (χ4v) is 4.98. The smallest absolute Gasteiger partial charge is 0.110 e. The Morgan fingerprint density at radius 2 is 1.22 bits per heavy atom. The molecule has 1 N–H and O–H groups in total. The van der Waals surface area contributed by atoms with Gasteiger partial charge < -0.3 is 4.98 Å². The third-order valence-electron chi connectivity index (χ3n) is 4.70. The van der Waals surface area contributed by atoms with E-state index in [1.54, 1.807) is 22.7 Å². The third-order valence-corrected chi connectivity index (χ3v) is 6.72. The van der Waals surface area contributed by atoms with Crippen molar-refractivity contribution in [1.29, 1.82) is 10.5 Å². The van der Waals surface area contributed by atoms with Crippen LogP contribution in [-0.4, -0.2) is 4.98 Å². The number of H-pyrrole nitrogens is 1. The van der Waals surface area contributed by atoms with E-state index in [2.05, 4.69) is 31.0 Å². The van der Waals surface area contributed by atoms with Crippen molar-refractivity contribution in [1.82, 2.24) is 4.98 Å². The molecule has 0 saturated carbocycles. The Bertz CT molecular complexity index is 913. The highest BCUT2D eigenvalue weighted by Gasteiger charge is 2.21. The van der Waals surface area contributed by atoms with Gasteiger partial charge in [0.15, 0.2) is 0 Å².